The molecule has 1 heterocycles. The number of aromatic hydroxyl groups is 1. The third-order valence-electron chi connectivity index (χ3n) is 4.51. The van der Waals surface area contributed by atoms with E-state index in [-0.39, 0.29) is 17.5 Å². The summed E-state index contributed by atoms with van der Waals surface area (Å²) in [5.41, 5.74) is 1.70. The molecule has 0 fully saturated rings. The average Bonchev–Trinajstić information content (AvgIpc) is 3.10. The van der Waals surface area contributed by atoms with Crippen molar-refractivity contribution in [1.82, 2.24) is 5.32 Å². The Bertz CT molecular complexity index is 1230. The number of fused-ring (bicyclic) bond motifs is 1. The summed E-state index contributed by atoms with van der Waals surface area (Å²) in [6.07, 6.45) is 3.18. The Morgan fingerprint density at radius 1 is 1.07 bits per heavy atom. The topological polar surface area (TPSA) is 58.6 Å². The van der Waals surface area contributed by atoms with Crippen molar-refractivity contribution >= 4 is 33.4 Å². The maximum atomic E-state index is 13.4. The van der Waals surface area contributed by atoms with E-state index in [1.165, 1.54) is 29.5 Å². The maximum absolute atomic E-state index is 13.4. The SMILES string of the molecule is CNC(=O)C=Cc1ccc(Oc2c(-c3ccc(F)cc3)sc3cc(O)ccc23)cc1. The number of phenols is 1. The van der Waals surface area contributed by atoms with Crippen LogP contribution in [0.3, 0.4) is 0 Å². The molecule has 0 bridgehead atoms. The Hall–Kier alpha value is -3.64. The summed E-state index contributed by atoms with van der Waals surface area (Å²) < 4.78 is 20.5. The fourth-order valence-corrected chi connectivity index (χ4v) is 4.14. The van der Waals surface area contributed by atoms with E-state index in [1.54, 1.807) is 37.4 Å². The zero-order chi connectivity index (χ0) is 21.1. The number of thiophene rings is 1. The number of phenolic OH excluding ortho intramolecular Hbond substituents is 1. The summed E-state index contributed by atoms with van der Waals surface area (Å²) >= 11 is 1.47. The zero-order valence-corrected chi connectivity index (χ0v) is 16.9. The Morgan fingerprint density at radius 2 is 1.80 bits per heavy atom. The van der Waals surface area contributed by atoms with Crippen molar-refractivity contribution in [2.75, 3.05) is 7.05 Å². The molecule has 30 heavy (non-hydrogen) atoms. The molecule has 0 aliphatic rings. The van der Waals surface area contributed by atoms with Gasteiger partial charge in [0.1, 0.15) is 17.3 Å². The first-order valence-electron chi connectivity index (χ1n) is 9.22. The number of ether oxygens (including phenoxy) is 1. The van der Waals surface area contributed by atoms with Gasteiger partial charge in [-0.3, -0.25) is 4.79 Å². The minimum absolute atomic E-state index is 0.174. The second-order valence-corrected chi connectivity index (χ2v) is 7.62. The predicted molar refractivity (Wildman–Crippen MR) is 119 cm³/mol. The van der Waals surface area contributed by atoms with Crippen LogP contribution in [-0.2, 0) is 4.79 Å². The minimum Gasteiger partial charge on any atom is -0.508 e. The Labute approximate surface area is 176 Å². The highest BCUT2D eigenvalue weighted by Crippen LogP contribution is 2.47. The van der Waals surface area contributed by atoms with E-state index in [2.05, 4.69) is 5.32 Å². The van der Waals surface area contributed by atoms with Crippen molar-refractivity contribution in [3.05, 3.63) is 84.2 Å². The quantitative estimate of drug-likeness (QED) is 0.392. The number of nitrogens with one attached hydrogen (secondary N) is 1. The summed E-state index contributed by atoms with van der Waals surface area (Å²) in [5.74, 6) is 0.972. The number of likely N-dealkylation sites (N-methyl/N-ethyl adjacent to an activating group) is 1. The van der Waals surface area contributed by atoms with Crippen LogP contribution < -0.4 is 10.1 Å². The van der Waals surface area contributed by atoms with Gasteiger partial charge in [-0.05, 0) is 59.7 Å². The lowest BCUT2D eigenvalue weighted by Crippen LogP contribution is -2.13. The Kier molecular flexibility index (Phi) is 5.50. The highest BCUT2D eigenvalue weighted by atomic mass is 32.1. The molecule has 0 unspecified atom stereocenters. The predicted octanol–water partition coefficient (Wildman–Crippen LogP) is 5.96. The van der Waals surface area contributed by atoms with E-state index in [0.717, 1.165) is 26.1 Å². The van der Waals surface area contributed by atoms with E-state index in [4.69, 9.17) is 4.74 Å². The number of benzene rings is 3. The molecule has 4 nitrogen and oxygen atoms in total. The van der Waals surface area contributed by atoms with Crippen LogP contribution in [0.4, 0.5) is 4.39 Å². The van der Waals surface area contributed by atoms with E-state index < -0.39 is 0 Å². The van der Waals surface area contributed by atoms with Crippen LogP contribution in [-0.4, -0.2) is 18.1 Å². The van der Waals surface area contributed by atoms with Gasteiger partial charge >= 0.3 is 0 Å². The Morgan fingerprint density at radius 3 is 2.50 bits per heavy atom. The van der Waals surface area contributed by atoms with Crippen molar-refractivity contribution in [2.45, 2.75) is 0 Å². The summed E-state index contributed by atoms with van der Waals surface area (Å²) in [7, 11) is 1.58. The van der Waals surface area contributed by atoms with Crippen LogP contribution >= 0.6 is 11.3 Å². The van der Waals surface area contributed by atoms with Crippen LogP contribution in [0.2, 0.25) is 0 Å². The van der Waals surface area contributed by atoms with Crippen molar-refractivity contribution in [1.29, 1.82) is 0 Å². The smallest absolute Gasteiger partial charge is 0.243 e. The van der Waals surface area contributed by atoms with Gasteiger partial charge in [-0.15, -0.1) is 11.3 Å². The lowest BCUT2D eigenvalue weighted by molar-refractivity contribution is -0.115. The first kappa shape index (κ1) is 19.7. The third kappa shape index (κ3) is 4.18. The van der Waals surface area contributed by atoms with E-state index in [1.807, 2.05) is 30.3 Å². The first-order valence-corrected chi connectivity index (χ1v) is 10.0. The van der Waals surface area contributed by atoms with Crippen molar-refractivity contribution in [3.8, 4) is 27.7 Å². The van der Waals surface area contributed by atoms with Crippen LogP contribution in [0, 0.1) is 5.82 Å². The third-order valence-corrected chi connectivity index (χ3v) is 5.69. The summed E-state index contributed by atoms with van der Waals surface area (Å²) in [6, 6.07) is 18.7. The molecule has 150 valence electrons. The molecule has 0 aliphatic heterocycles. The molecule has 0 saturated carbocycles. The lowest BCUT2D eigenvalue weighted by Gasteiger charge is -2.09. The number of hydrogen-bond acceptors (Lipinski definition) is 4. The molecule has 0 saturated heterocycles. The van der Waals surface area contributed by atoms with Gasteiger partial charge < -0.3 is 15.2 Å². The largest absolute Gasteiger partial charge is 0.508 e. The van der Waals surface area contributed by atoms with Crippen LogP contribution in [0.1, 0.15) is 5.56 Å². The van der Waals surface area contributed by atoms with Crippen LogP contribution in [0.25, 0.3) is 26.6 Å². The monoisotopic (exact) mass is 419 g/mol. The fraction of sp³-hybridized carbons (Fsp3) is 0.0417. The van der Waals surface area contributed by atoms with Gasteiger partial charge in [0, 0.05) is 23.2 Å². The lowest BCUT2D eigenvalue weighted by atomic mass is 10.1. The number of carbonyl (C=O) groups is 1. The standard InChI is InChI=1S/C24H18FNO3S/c1-26-22(28)13-4-15-2-10-19(11-3-15)29-23-20-12-9-18(27)14-21(20)30-24(23)16-5-7-17(25)8-6-16/h2-14,27H,1H3,(H,26,28). The molecule has 4 rings (SSSR count). The van der Waals surface area contributed by atoms with Gasteiger partial charge in [0.15, 0.2) is 5.75 Å². The minimum atomic E-state index is -0.305. The number of carbonyl (C=O) groups excluding carboxylic acids is 1. The van der Waals surface area contributed by atoms with Gasteiger partial charge in [0.25, 0.3) is 0 Å². The maximum Gasteiger partial charge on any atom is 0.243 e. The molecule has 3 aromatic carbocycles. The molecule has 2 N–H and O–H groups in total. The number of halogens is 1. The second-order valence-electron chi connectivity index (χ2n) is 6.57. The van der Waals surface area contributed by atoms with Crippen LogP contribution in [0.5, 0.6) is 17.2 Å². The van der Waals surface area contributed by atoms with Crippen molar-refractivity contribution in [2.24, 2.45) is 0 Å². The van der Waals surface area contributed by atoms with Crippen LogP contribution in [0.15, 0.2) is 72.8 Å². The van der Waals surface area contributed by atoms with Gasteiger partial charge in [-0.25, -0.2) is 4.39 Å². The summed E-state index contributed by atoms with van der Waals surface area (Å²) in [4.78, 5) is 12.2. The van der Waals surface area contributed by atoms with Gasteiger partial charge in [0.2, 0.25) is 5.91 Å². The second kappa shape index (κ2) is 8.39. The van der Waals surface area contributed by atoms with Crippen molar-refractivity contribution in [3.63, 3.8) is 0 Å². The fourth-order valence-electron chi connectivity index (χ4n) is 2.97. The first-order chi connectivity index (χ1) is 14.5. The number of amides is 1. The Balaban J connectivity index is 1.71. The van der Waals surface area contributed by atoms with E-state index in [9.17, 15) is 14.3 Å². The van der Waals surface area contributed by atoms with Crippen molar-refractivity contribution < 1.29 is 19.0 Å². The number of hydrogen-bond donors (Lipinski definition) is 2. The molecular weight excluding hydrogens is 401 g/mol. The molecule has 0 aliphatic carbocycles. The molecule has 1 amide bonds. The number of rotatable bonds is 5. The van der Waals surface area contributed by atoms with E-state index in [0.29, 0.717) is 11.5 Å². The zero-order valence-electron chi connectivity index (χ0n) is 16.1. The molecule has 0 spiro atoms. The molecule has 4 aromatic rings. The average molecular weight is 419 g/mol. The molecule has 1 aromatic heterocycles. The highest BCUT2D eigenvalue weighted by molar-refractivity contribution is 7.22. The molecule has 6 heteroatoms. The summed E-state index contributed by atoms with van der Waals surface area (Å²) in [6.45, 7) is 0. The molecule has 0 radical (unpaired) electrons. The van der Waals surface area contributed by atoms with Gasteiger partial charge in [-0.1, -0.05) is 24.3 Å². The van der Waals surface area contributed by atoms with E-state index >= 15 is 0 Å². The molecule has 0 atom stereocenters. The molecular formula is C24H18FNO3S. The summed E-state index contributed by atoms with van der Waals surface area (Å²) in [5, 5.41) is 13.2. The van der Waals surface area contributed by atoms with Gasteiger partial charge in [-0.2, -0.15) is 0 Å². The normalized spacial score (nSPS) is 11.1. The van der Waals surface area contributed by atoms with Gasteiger partial charge in [0.05, 0.1) is 4.88 Å². The highest BCUT2D eigenvalue weighted by Gasteiger charge is 2.17.